The summed E-state index contributed by atoms with van der Waals surface area (Å²) in [5, 5.41) is 6.73. The molecule has 1 aliphatic rings. The van der Waals surface area contributed by atoms with E-state index >= 15 is 0 Å². The normalized spacial score (nSPS) is 17.9. The van der Waals surface area contributed by atoms with E-state index in [0.29, 0.717) is 19.3 Å². The van der Waals surface area contributed by atoms with Gasteiger partial charge in [-0.25, -0.2) is 0 Å². The molecule has 0 radical (unpaired) electrons. The Morgan fingerprint density at radius 2 is 2.14 bits per heavy atom. The van der Waals surface area contributed by atoms with Crippen molar-refractivity contribution in [2.75, 3.05) is 52.5 Å². The summed E-state index contributed by atoms with van der Waals surface area (Å²) < 4.78 is 17.0. The second-order valence-corrected chi connectivity index (χ2v) is 6.96. The van der Waals surface area contributed by atoms with Gasteiger partial charge in [-0.05, 0) is 51.4 Å². The predicted molar refractivity (Wildman–Crippen MR) is 128 cm³/mol. The smallest absolute Gasteiger partial charge is 0.191 e. The summed E-state index contributed by atoms with van der Waals surface area (Å²) >= 11 is 0. The Hall–Kier alpha value is -0.840. The van der Waals surface area contributed by atoms with Crippen LogP contribution in [0.15, 0.2) is 27.8 Å². The van der Waals surface area contributed by atoms with E-state index in [-0.39, 0.29) is 30.0 Å². The molecule has 0 bridgehead atoms. The highest BCUT2D eigenvalue weighted by atomic mass is 127. The van der Waals surface area contributed by atoms with Gasteiger partial charge < -0.3 is 24.5 Å². The lowest BCUT2D eigenvalue weighted by molar-refractivity contribution is 0.0168. The fourth-order valence-electron chi connectivity index (χ4n) is 3.42. The minimum absolute atomic E-state index is 0. The Morgan fingerprint density at radius 3 is 2.76 bits per heavy atom. The van der Waals surface area contributed by atoms with Crippen LogP contribution in [0, 0.1) is 0 Å². The molecule has 1 saturated heterocycles. The van der Waals surface area contributed by atoms with Crippen LogP contribution in [0.1, 0.15) is 51.8 Å². The van der Waals surface area contributed by atoms with E-state index in [1.165, 1.54) is 0 Å². The quantitative estimate of drug-likeness (QED) is 0.179. The second-order valence-electron chi connectivity index (χ2n) is 6.96. The van der Waals surface area contributed by atoms with E-state index in [4.69, 9.17) is 18.9 Å². The maximum absolute atomic E-state index is 5.72. The van der Waals surface area contributed by atoms with Gasteiger partial charge in [-0.3, -0.25) is 9.89 Å². The predicted octanol–water partition coefficient (Wildman–Crippen LogP) is 3.42. The molecule has 0 saturated carbocycles. The van der Waals surface area contributed by atoms with Gasteiger partial charge in [-0.15, -0.1) is 24.0 Å². The molecule has 2 unspecified atom stereocenters. The summed E-state index contributed by atoms with van der Waals surface area (Å²) in [5.41, 5.74) is 0. The summed E-state index contributed by atoms with van der Waals surface area (Å²) in [5.74, 6) is 1.80. The van der Waals surface area contributed by atoms with Crippen LogP contribution in [0.4, 0.5) is 0 Å². The summed E-state index contributed by atoms with van der Waals surface area (Å²) in [7, 11) is 0. The van der Waals surface area contributed by atoms with Crippen LogP contribution in [0.2, 0.25) is 0 Å². The number of hydrogen-bond donors (Lipinski definition) is 2. The standard InChI is InChI=1S/C21H38N4O3.HI/c1-4-22-21(23-12-9-13-26-17-18-10-7-14-27-18)24-16-19(25(5-2)6-3)20-11-8-15-28-20;/h8,11,15,18-19H,4-7,9-10,12-14,16-17H2,1-3H3,(H2,22,23,24);1H. The van der Waals surface area contributed by atoms with Gasteiger partial charge in [0.2, 0.25) is 0 Å². The van der Waals surface area contributed by atoms with Gasteiger partial charge in [-0.2, -0.15) is 0 Å². The number of furan rings is 1. The minimum Gasteiger partial charge on any atom is -0.468 e. The van der Waals surface area contributed by atoms with Crippen molar-refractivity contribution in [3.63, 3.8) is 0 Å². The van der Waals surface area contributed by atoms with Crippen molar-refractivity contribution in [2.45, 2.75) is 52.2 Å². The average Bonchev–Trinajstić information content (AvgIpc) is 3.41. The van der Waals surface area contributed by atoms with Crippen molar-refractivity contribution < 1.29 is 13.9 Å². The molecule has 1 aliphatic heterocycles. The number of nitrogens with one attached hydrogen (secondary N) is 2. The Balaban J connectivity index is 0.00000420. The van der Waals surface area contributed by atoms with Crippen molar-refractivity contribution >= 4 is 29.9 Å². The molecular formula is C21H39IN4O3. The first-order chi connectivity index (χ1) is 13.8. The first kappa shape index (κ1) is 26.2. The fraction of sp³-hybridized carbons (Fsp3) is 0.762. The zero-order valence-corrected chi connectivity index (χ0v) is 20.5. The monoisotopic (exact) mass is 522 g/mol. The van der Waals surface area contributed by atoms with Gasteiger partial charge in [0.25, 0.3) is 0 Å². The van der Waals surface area contributed by atoms with Crippen LogP contribution in [-0.4, -0.2) is 69.5 Å². The van der Waals surface area contributed by atoms with Crippen molar-refractivity contribution in [3.8, 4) is 0 Å². The molecule has 7 nitrogen and oxygen atoms in total. The number of nitrogens with zero attached hydrogens (tertiary/aromatic N) is 2. The maximum atomic E-state index is 5.72. The van der Waals surface area contributed by atoms with Crippen molar-refractivity contribution in [1.82, 2.24) is 15.5 Å². The van der Waals surface area contributed by atoms with Crippen molar-refractivity contribution in [3.05, 3.63) is 24.2 Å². The fourth-order valence-corrected chi connectivity index (χ4v) is 3.42. The van der Waals surface area contributed by atoms with E-state index in [1.807, 2.05) is 12.1 Å². The third kappa shape index (κ3) is 9.67. The Morgan fingerprint density at radius 1 is 1.31 bits per heavy atom. The SMILES string of the molecule is CCNC(=NCC(c1ccco1)N(CC)CC)NCCCOCC1CCCO1.I. The molecule has 168 valence electrons. The number of aliphatic imine (C=N–C) groups is 1. The third-order valence-electron chi connectivity index (χ3n) is 4.98. The Bertz CT molecular complexity index is 532. The van der Waals surface area contributed by atoms with Crippen LogP contribution < -0.4 is 10.6 Å². The maximum Gasteiger partial charge on any atom is 0.191 e. The molecule has 2 rings (SSSR count). The number of halogens is 1. The lowest BCUT2D eigenvalue weighted by atomic mass is 10.2. The first-order valence-electron chi connectivity index (χ1n) is 10.8. The highest BCUT2D eigenvalue weighted by Gasteiger charge is 2.20. The molecule has 0 aromatic carbocycles. The second kappa shape index (κ2) is 15.9. The molecule has 8 heteroatoms. The zero-order chi connectivity index (χ0) is 20.0. The molecule has 2 atom stereocenters. The first-order valence-corrected chi connectivity index (χ1v) is 10.8. The molecule has 0 spiro atoms. The molecule has 2 N–H and O–H groups in total. The molecule has 0 aliphatic carbocycles. The van der Waals surface area contributed by atoms with Crippen molar-refractivity contribution in [1.29, 1.82) is 0 Å². The van der Waals surface area contributed by atoms with E-state index in [2.05, 4.69) is 36.3 Å². The third-order valence-corrected chi connectivity index (χ3v) is 4.98. The topological polar surface area (TPSA) is 71.3 Å². The van der Waals surface area contributed by atoms with Gasteiger partial charge >= 0.3 is 0 Å². The highest BCUT2D eigenvalue weighted by molar-refractivity contribution is 14.0. The van der Waals surface area contributed by atoms with Crippen LogP contribution in [-0.2, 0) is 9.47 Å². The van der Waals surface area contributed by atoms with Crippen molar-refractivity contribution in [2.24, 2.45) is 4.99 Å². The van der Waals surface area contributed by atoms with E-state index in [9.17, 15) is 0 Å². The molecule has 1 aromatic heterocycles. The summed E-state index contributed by atoms with van der Waals surface area (Å²) in [6.45, 7) is 13.0. The number of guanidine groups is 1. The van der Waals surface area contributed by atoms with E-state index in [1.54, 1.807) is 6.26 Å². The minimum atomic E-state index is 0. The average molecular weight is 522 g/mol. The van der Waals surface area contributed by atoms with Gasteiger partial charge in [0.1, 0.15) is 5.76 Å². The van der Waals surface area contributed by atoms with Crippen LogP contribution in [0.25, 0.3) is 0 Å². The lowest BCUT2D eigenvalue weighted by Gasteiger charge is -2.27. The Kier molecular flexibility index (Phi) is 14.4. The highest BCUT2D eigenvalue weighted by Crippen LogP contribution is 2.21. The molecule has 2 heterocycles. The number of hydrogen-bond acceptors (Lipinski definition) is 5. The summed E-state index contributed by atoms with van der Waals surface area (Å²) in [6, 6.07) is 4.12. The molecular weight excluding hydrogens is 483 g/mol. The number of ether oxygens (including phenoxy) is 2. The summed E-state index contributed by atoms with van der Waals surface area (Å²) in [4.78, 5) is 7.17. The van der Waals surface area contributed by atoms with E-state index < -0.39 is 0 Å². The largest absolute Gasteiger partial charge is 0.468 e. The molecule has 1 fully saturated rings. The number of rotatable bonds is 13. The van der Waals surface area contributed by atoms with Crippen LogP contribution in [0.5, 0.6) is 0 Å². The summed E-state index contributed by atoms with van der Waals surface area (Å²) in [6.07, 6.45) is 5.25. The van der Waals surface area contributed by atoms with Gasteiger partial charge in [0.05, 0.1) is 31.6 Å². The van der Waals surface area contributed by atoms with Crippen LogP contribution in [0.3, 0.4) is 0 Å². The molecule has 29 heavy (non-hydrogen) atoms. The van der Waals surface area contributed by atoms with Gasteiger partial charge in [0.15, 0.2) is 5.96 Å². The van der Waals surface area contributed by atoms with Crippen LogP contribution >= 0.6 is 24.0 Å². The number of likely N-dealkylation sites (N-methyl/N-ethyl adjacent to an activating group) is 1. The van der Waals surface area contributed by atoms with Gasteiger partial charge in [0, 0.05) is 26.3 Å². The van der Waals surface area contributed by atoms with E-state index in [0.717, 1.165) is 70.4 Å². The lowest BCUT2D eigenvalue weighted by Crippen LogP contribution is -2.39. The molecule has 1 aromatic rings. The van der Waals surface area contributed by atoms with Gasteiger partial charge in [-0.1, -0.05) is 13.8 Å². The zero-order valence-electron chi connectivity index (χ0n) is 18.2. The molecule has 0 amide bonds. The Labute approximate surface area is 193 Å².